The lowest BCUT2D eigenvalue weighted by Gasteiger charge is -2.34. The highest BCUT2D eigenvalue weighted by Gasteiger charge is 2.47. The number of aromatic nitrogens is 12. The minimum absolute atomic E-state index is 0.553. The van der Waals surface area contributed by atoms with Crippen LogP contribution in [0.4, 0.5) is 0 Å². The minimum atomic E-state index is -0.553. The van der Waals surface area contributed by atoms with Crippen molar-refractivity contribution in [1.82, 2.24) is 58.6 Å². The highest BCUT2D eigenvalue weighted by atomic mass is 16.3. The summed E-state index contributed by atoms with van der Waals surface area (Å²) in [7, 11) is 0. The molecule has 0 N–H and O–H groups in total. The molecule has 0 spiro atoms. The van der Waals surface area contributed by atoms with Crippen LogP contribution in [0.2, 0.25) is 0 Å². The van der Waals surface area contributed by atoms with Crippen molar-refractivity contribution in [1.29, 1.82) is 0 Å². The van der Waals surface area contributed by atoms with Gasteiger partial charge in [0.05, 0.1) is 38.5 Å². The quantitative estimate of drug-likeness (QED) is 0.0962. The van der Waals surface area contributed by atoms with Crippen LogP contribution in [0.25, 0.3) is 251 Å². The van der Waals surface area contributed by atoms with E-state index in [1.807, 2.05) is 158 Å². The van der Waals surface area contributed by atoms with Gasteiger partial charge in [-0.3, -0.25) is 4.57 Å². The normalized spacial score (nSPS) is 12.1. The predicted octanol–water partition coefficient (Wildman–Crippen LogP) is 33.7. The zero-order valence-corrected chi connectivity index (χ0v) is 80.8. The summed E-state index contributed by atoms with van der Waals surface area (Å²) in [6, 6.07) is 182. The molecule has 0 fully saturated rings. The molecule has 0 amide bonds. The Morgan fingerprint density at radius 3 is 0.960 bits per heavy atom. The van der Waals surface area contributed by atoms with Crippen molar-refractivity contribution in [3.05, 3.63) is 544 Å². The maximum atomic E-state index is 6.59. The van der Waals surface area contributed by atoms with Crippen LogP contribution in [0.5, 0.6) is 0 Å². The minimum Gasteiger partial charge on any atom is -0.454 e. The maximum Gasteiger partial charge on any atom is 0.238 e. The van der Waals surface area contributed by atoms with E-state index in [-0.39, 0.29) is 0 Å². The molecule has 150 heavy (non-hydrogen) atoms. The molecule has 30 rings (SSSR count). The fourth-order valence-electron chi connectivity index (χ4n) is 22.2. The van der Waals surface area contributed by atoms with Gasteiger partial charge in [-0.05, 0) is 159 Å². The van der Waals surface area contributed by atoms with Crippen molar-refractivity contribution >= 4 is 109 Å². The third-order valence-electron chi connectivity index (χ3n) is 29.0. The van der Waals surface area contributed by atoms with Crippen LogP contribution in [0.3, 0.4) is 0 Å². The first-order chi connectivity index (χ1) is 74.4. The van der Waals surface area contributed by atoms with Crippen molar-refractivity contribution < 1.29 is 8.83 Å². The molecule has 0 saturated heterocycles. The number of furan rings is 2. The Morgan fingerprint density at radius 1 is 0.167 bits per heavy atom. The van der Waals surface area contributed by atoms with E-state index in [2.05, 4.69) is 378 Å². The van der Waals surface area contributed by atoms with Crippen molar-refractivity contribution in [3.63, 3.8) is 0 Å². The third kappa shape index (κ3) is 15.1. The number of rotatable bonds is 15. The summed E-state index contributed by atoms with van der Waals surface area (Å²) in [5.74, 6) is 5.61. The second-order valence-electron chi connectivity index (χ2n) is 37.7. The molecule has 14 heteroatoms. The molecule has 29 aromatic rings. The number of hydrogen-bond acceptors (Lipinski definition) is 11. The zero-order valence-electron chi connectivity index (χ0n) is 80.8. The number of nitrogens with zero attached hydrogens (tertiary/aromatic N) is 12. The Labute approximate surface area is 861 Å². The van der Waals surface area contributed by atoms with Crippen molar-refractivity contribution in [2.24, 2.45) is 0 Å². The van der Waals surface area contributed by atoms with E-state index < -0.39 is 5.41 Å². The SMILES string of the molecule is c1ccc(-c2ccc3c(c2)c2cc4c(cc2n3-c2nc(-c3ccccc3)nc(-c3ccccc3)n2)C(c2ccccc2)(c2ccccc2)c2ccccc2-4)cc1.c1ccc(-c2cccc(-c3nc(-c4ccccc4)nc(-c4cccc(-n5c6ccccc6c6ccc7c8ccccc8oc7c65)c4)n3)c2)cc1.c1ccc(-c2nc(-c3ccccc3)nc(-c3ccc(-n4c5ccccc5c5ccc6c7ccccc7oc6c54)cc3)n2)cc1. The highest BCUT2D eigenvalue weighted by molar-refractivity contribution is 6.23. The smallest absolute Gasteiger partial charge is 0.238 e. The van der Waals surface area contributed by atoms with Crippen LogP contribution in [0.1, 0.15) is 22.3 Å². The lowest BCUT2D eigenvalue weighted by molar-refractivity contribution is 0.670. The maximum absolute atomic E-state index is 6.59. The standard InChI is InChI=1S/C52H34N4.C45H28N4O.C39H24N4O/c1-6-18-35(19-7-1)38-30-31-47-43(32-38)44-33-42-41-28-16-17-29-45(41)52(39-24-12-4-13-25-39,40-26-14-5-15-27-40)46(42)34-48(44)56(47)51-54-49(36-20-8-2-9-21-36)53-50(55-51)37-22-10-3-11-23-37;1-3-13-29(14-4-1)31-17-11-18-32(27-31)44-46-43(30-15-5-2-6-16-30)47-45(48-44)33-19-12-20-34(28-33)49-39-23-9-7-21-35(39)37-25-26-38-36-22-8-10-24-40(36)50-42(38)41(37)49;1-3-11-25(12-4-1)37-40-38(26-13-5-2-6-14-26)42-39(41-37)27-19-21-28(22-20-27)43-33-17-9-7-15-29(33)31-23-24-32-30-16-8-10-18-34(30)44-36(32)35(31)43/h1-34H;1-28H;1-24H. The van der Waals surface area contributed by atoms with Gasteiger partial charge in [-0.25, -0.2) is 34.9 Å². The van der Waals surface area contributed by atoms with Gasteiger partial charge >= 0.3 is 0 Å². The second-order valence-corrected chi connectivity index (χ2v) is 37.7. The van der Waals surface area contributed by atoms with Gasteiger partial charge < -0.3 is 18.0 Å². The monoisotopic (exact) mass is 1920 g/mol. The van der Waals surface area contributed by atoms with Crippen LogP contribution in [-0.4, -0.2) is 58.6 Å². The highest BCUT2D eigenvalue weighted by Crippen LogP contribution is 2.58. The summed E-state index contributed by atoms with van der Waals surface area (Å²) in [4.78, 5) is 45.4. The van der Waals surface area contributed by atoms with Crippen LogP contribution in [0, 0.1) is 0 Å². The average molecular weight is 1920 g/mol. The molecule has 702 valence electrons. The Morgan fingerprint density at radius 2 is 0.493 bits per heavy atom. The molecule has 0 unspecified atom stereocenters. The van der Waals surface area contributed by atoms with Crippen LogP contribution in [0.15, 0.2) is 531 Å². The summed E-state index contributed by atoms with van der Waals surface area (Å²) in [5.41, 5.74) is 30.9. The van der Waals surface area contributed by atoms with E-state index in [0.29, 0.717) is 52.5 Å². The van der Waals surface area contributed by atoms with Crippen molar-refractivity contribution in [3.8, 4) is 142 Å². The van der Waals surface area contributed by atoms with Gasteiger partial charge in [-0.1, -0.05) is 419 Å². The lowest BCUT2D eigenvalue weighted by atomic mass is 9.67. The van der Waals surface area contributed by atoms with Gasteiger partial charge in [-0.2, -0.15) is 9.97 Å². The molecule has 0 radical (unpaired) electrons. The lowest BCUT2D eigenvalue weighted by Crippen LogP contribution is -2.28. The molecule has 21 aromatic carbocycles. The topological polar surface area (TPSA) is 157 Å². The molecule has 1 aliphatic rings. The van der Waals surface area contributed by atoms with Crippen molar-refractivity contribution in [2.75, 3.05) is 0 Å². The molecule has 8 heterocycles. The Balaban J connectivity index is 0.000000109. The fourth-order valence-corrected chi connectivity index (χ4v) is 22.2. The number of fused-ring (bicyclic) bond motifs is 20. The van der Waals surface area contributed by atoms with E-state index in [9.17, 15) is 0 Å². The van der Waals surface area contributed by atoms with Gasteiger partial charge in [0.15, 0.2) is 57.8 Å². The van der Waals surface area contributed by atoms with Crippen molar-refractivity contribution in [2.45, 2.75) is 5.41 Å². The second kappa shape index (κ2) is 36.8. The summed E-state index contributed by atoms with van der Waals surface area (Å²) < 4.78 is 20.0. The van der Waals surface area contributed by atoms with E-state index in [4.69, 9.17) is 53.7 Å². The molecule has 8 aromatic heterocycles. The first-order valence-electron chi connectivity index (χ1n) is 50.4. The van der Waals surface area contributed by atoms with Crippen LogP contribution < -0.4 is 0 Å². The van der Waals surface area contributed by atoms with Gasteiger partial charge in [-0.15, -0.1) is 0 Å². The Bertz CT molecular complexity index is 10100. The molecule has 0 saturated carbocycles. The first-order valence-corrected chi connectivity index (χ1v) is 50.4. The Hall–Kier alpha value is -20.4. The summed E-state index contributed by atoms with van der Waals surface area (Å²) in [5, 5.41) is 11.4. The largest absolute Gasteiger partial charge is 0.454 e. The molecule has 14 nitrogen and oxygen atoms in total. The number of benzene rings is 21. The van der Waals surface area contributed by atoms with Gasteiger partial charge in [0, 0.05) is 110 Å². The van der Waals surface area contributed by atoms with Gasteiger partial charge in [0.25, 0.3) is 0 Å². The molecular weight excluding hydrogens is 1830 g/mol. The van der Waals surface area contributed by atoms with E-state index >= 15 is 0 Å². The zero-order chi connectivity index (χ0) is 99.1. The Kier molecular flexibility index (Phi) is 21.5. The van der Waals surface area contributed by atoms with Gasteiger partial charge in [0.1, 0.15) is 11.2 Å². The third-order valence-corrected chi connectivity index (χ3v) is 29.0. The fraction of sp³-hybridized carbons (Fsp3) is 0.00735. The van der Waals surface area contributed by atoms with E-state index in [1.54, 1.807) is 0 Å². The summed E-state index contributed by atoms with van der Waals surface area (Å²) in [6.45, 7) is 0. The van der Waals surface area contributed by atoms with Crippen LogP contribution >= 0.6 is 0 Å². The van der Waals surface area contributed by atoms with Crippen LogP contribution in [-0.2, 0) is 5.41 Å². The van der Waals surface area contributed by atoms with E-state index in [0.717, 1.165) is 171 Å². The molecule has 0 atom stereocenters. The predicted molar refractivity (Wildman–Crippen MR) is 609 cm³/mol. The van der Waals surface area contributed by atoms with Gasteiger partial charge in [0.2, 0.25) is 5.95 Å². The molecule has 0 aliphatic heterocycles. The molecule has 1 aliphatic carbocycles. The molecule has 0 bridgehead atoms. The first kappa shape index (κ1) is 87.4. The average Bonchev–Trinajstić information content (AvgIpc) is 1.46. The van der Waals surface area contributed by atoms with E-state index in [1.165, 1.54) is 49.7 Å². The number of para-hydroxylation sites is 4. The summed E-state index contributed by atoms with van der Waals surface area (Å²) in [6.07, 6.45) is 0. The summed E-state index contributed by atoms with van der Waals surface area (Å²) >= 11 is 0. The number of hydrogen-bond donors (Lipinski definition) is 0. The molecular formula is C136H86N12O2.